The van der Waals surface area contributed by atoms with E-state index in [0.717, 1.165) is 73.9 Å². The predicted molar refractivity (Wildman–Crippen MR) is 168 cm³/mol. The van der Waals surface area contributed by atoms with E-state index in [1.165, 1.54) is 0 Å². The van der Waals surface area contributed by atoms with Gasteiger partial charge >= 0.3 is 0 Å². The van der Waals surface area contributed by atoms with Crippen LogP contribution in [0.4, 0.5) is 5.69 Å². The third kappa shape index (κ3) is 4.51. The first-order valence-corrected chi connectivity index (χ1v) is 16.5. The molecule has 2 spiro atoms. The molecule has 3 fully saturated rings. The molecule has 242 valence electrons. The van der Waals surface area contributed by atoms with Crippen LogP contribution in [0.3, 0.4) is 0 Å². The number of hydrogen-bond donors (Lipinski definition) is 2. The van der Waals surface area contributed by atoms with Crippen molar-refractivity contribution in [2.75, 3.05) is 46.2 Å². The highest BCUT2D eigenvalue weighted by Crippen LogP contribution is 2.53. The number of nitrogens with two attached hydrogens (primary N) is 1. The molecule has 0 amide bonds. The van der Waals surface area contributed by atoms with E-state index in [1.54, 1.807) is 13.2 Å². The van der Waals surface area contributed by atoms with Gasteiger partial charge in [-0.05, 0) is 76.1 Å². The molecule has 0 saturated carbocycles. The summed E-state index contributed by atoms with van der Waals surface area (Å²) in [7, 11) is 3.85. The maximum Gasteiger partial charge on any atom is 0.221 e. The van der Waals surface area contributed by atoms with Crippen LogP contribution in [0.15, 0.2) is 22.7 Å². The minimum Gasteiger partial charge on any atom is -0.473 e. The molecule has 0 radical (unpaired) electrons. The Morgan fingerprint density at radius 3 is 2.70 bits per heavy atom. The van der Waals surface area contributed by atoms with Gasteiger partial charge in [-0.2, -0.15) is 15.2 Å². The van der Waals surface area contributed by atoms with Gasteiger partial charge in [0.25, 0.3) is 0 Å². The van der Waals surface area contributed by atoms with E-state index in [4.69, 9.17) is 39.2 Å². The van der Waals surface area contributed by atoms with Gasteiger partial charge in [0.1, 0.15) is 23.8 Å². The van der Waals surface area contributed by atoms with E-state index in [-0.39, 0.29) is 29.9 Å². The fourth-order valence-electron chi connectivity index (χ4n) is 8.62. The number of aromatic nitrogens is 3. The normalized spacial score (nSPS) is 28.5. The van der Waals surface area contributed by atoms with Crippen LogP contribution in [-0.4, -0.2) is 90.4 Å². The Morgan fingerprint density at radius 1 is 1.17 bits per heavy atom. The summed E-state index contributed by atoms with van der Waals surface area (Å²) >= 11 is 0. The lowest BCUT2D eigenvalue weighted by molar-refractivity contribution is -0.165. The number of nitrogens with zero attached hydrogens (tertiary/aromatic N) is 5. The fraction of sp³-hybridized carbons (Fsp3) is 0.588. The van der Waals surface area contributed by atoms with Crippen LogP contribution in [0.2, 0.25) is 0 Å². The first-order chi connectivity index (χ1) is 22.4. The third-order valence-electron chi connectivity index (χ3n) is 11.1. The van der Waals surface area contributed by atoms with Crippen molar-refractivity contribution in [1.82, 2.24) is 25.3 Å². The van der Waals surface area contributed by atoms with Gasteiger partial charge in [0.05, 0.1) is 42.4 Å². The first kappa shape index (κ1) is 29.6. The molecule has 3 aromatic rings. The topological polar surface area (TPSA) is 154 Å². The number of rotatable bonds is 7. The zero-order valence-corrected chi connectivity index (χ0v) is 26.7. The molecule has 12 heteroatoms. The van der Waals surface area contributed by atoms with Crippen molar-refractivity contribution in [2.45, 2.75) is 87.2 Å². The molecule has 12 nitrogen and oxygen atoms in total. The van der Waals surface area contributed by atoms with Crippen LogP contribution in [-0.2, 0) is 27.7 Å². The standard InChI is InChI=1S/C34H41N7O5/c1-19(30-24(42-3)10-13-41(30)2)44-26-14-27(45-25-16-37-34(25)17-43-18-34)39-32(38-26)29-21-7-5-12-33(31(21)46-40-29)11-4-6-20-8-9-23(36)22(15-35)28(20)33/h8-9,14,19,24-25,30,37H,4-7,10-13,16-18,36H2,1-3H3/t19-,24-,25+,30+,33+/m0/s1. The van der Waals surface area contributed by atoms with E-state index < -0.39 is 5.41 Å². The van der Waals surface area contributed by atoms with E-state index in [9.17, 15) is 5.26 Å². The number of ether oxygens (including phenoxy) is 4. The van der Waals surface area contributed by atoms with Crippen molar-refractivity contribution in [3.8, 4) is 29.3 Å². The molecule has 0 bridgehead atoms. The second-order valence-electron chi connectivity index (χ2n) is 13.7. The summed E-state index contributed by atoms with van der Waals surface area (Å²) in [5.74, 6) is 2.04. The summed E-state index contributed by atoms with van der Waals surface area (Å²) < 4.78 is 30.6. The minimum absolute atomic E-state index is 0.0704. The van der Waals surface area contributed by atoms with Crippen molar-refractivity contribution >= 4 is 5.69 Å². The van der Waals surface area contributed by atoms with Crippen LogP contribution in [0.5, 0.6) is 11.8 Å². The monoisotopic (exact) mass is 627 g/mol. The van der Waals surface area contributed by atoms with Crippen LogP contribution in [0, 0.1) is 11.3 Å². The van der Waals surface area contributed by atoms with Gasteiger partial charge in [-0.1, -0.05) is 11.2 Å². The number of methoxy groups -OCH3 is 1. The minimum atomic E-state index is -0.467. The molecule has 3 N–H and O–H groups in total. The van der Waals surface area contributed by atoms with Crippen LogP contribution in [0.1, 0.15) is 67.0 Å². The molecule has 3 aliphatic heterocycles. The highest BCUT2D eigenvalue weighted by molar-refractivity contribution is 5.67. The Labute approximate surface area is 268 Å². The summed E-state index contributed by atoms with van der Waals surface area (Å²) in [6.45, 7) is 4.92. The van der Waals surface area contributed by atoms with Gasteiger partial charge in [-0.25, -0.2) is 0 Å². The average molecular weight is 628 g/mol. The Bertz CT molecular complexity index is 1690. The lowest BCUT2D eigenvalue weighted by Crippen LogP contribution is -2.79. The maximum atomic E-state index is 10.2. The van der Waals surface area contributed by atoms with Gasteiger partial charge in [-0.15, -0.1) is 0 Å². The molecule has 46 heavy (non-hydrogen) atoms. The smallest absolute Gasteiger partial charge is 0.221 e. The highest BCUT2D eigenvalue weighted by atomic mass is 16.5. The second kappa shape index (κ2) is 11.2. The number of likely N-dealkylation sites (N-methyl/N-ethyl adjacent to an activating group) is 1. The first-order valence-electron chi connectivity index (χ1n) is 16.5. The summed E-state index contributed by atoms with van der Waals surface area (Å²) in [6.07, 6.45) is 6.06. The SMILES string of the molecule is CO[C@H]1CCN(C)[C@@H]1[C@H](C)Oc1cc(O[C@@H]2CNC23COC3)nc(-c2noc3c2CCC[C@@]32CCCc3ccc(N)c(C#N)c32)n1. The number of anilines is 1. The molecular weight excluding hydrogens is 586 g/mol. The maximum absolute atomic E-state index is 10.2. The zero-order valence-electron chi connectivity index (χ0n) is 26.7. The van der Waals surface area contributed by atoms with Crippen molar-refractivity contribution in [3.05, 3.63) is 46.2 Å². The molecule has 0 unspecified atom stereocenters. The Hall–Kier alpha value is -3.76. The Morgan fingerprint density at radius 2 is 1.98 bits per heavy atom. The summed E-state index contributed by atoms with van der Waals surface area (Å²) in [6, 6.07) is 8.17. The second-order valence-corrected chi connectivity index (χ2v) is 13.7. The number of benzene rings is 1. The molecule has 5 heterocycles. The average Bonchev–Trinajstić information content (AvgIpc) is 3.63. The number of hydrogen-bond acceptors (Lipinski definition) is 12. The number of aryl methyl sites for hydroxylation is 1. The molecule has 5 aliphatic rings. The molecule has 2 aromatic heterocycles. The van der Waals surface area contributed by atoms with E-state index in [0.29, 0.717) is 54.3 Å². The number of nitriles is 1. The van der Waals surface area contributed by atoms with Crippen molar-refractivity contribution in [1.29, 1.82) is 5.26 Å². The van der Waals surface area contributed by atoms with Crippen LogP contribution in [0.25, 0.3) is 11.5 Å². The largest absolute Gasteiger partial charge is 0.473 e. The molecule has 3 saturated heterocycles. The molecule has 5 atom stereocenters. The molecule has 8 rings (SSSR count). The van der Waals surface area contributed by atoms with Gasteiger partial charge in [0.2, 0.25) is 11.8 Å². The summed E-state index contributed by atoms with van der Waals surface area (Å²) in [5.41, 5.74) is 10.5. The molecule has 1 aromatic carbocycles. The predicted octanol–water partition coefficient (Wildman–Crippen LogP) is 3.15. The number of likely N-dealkylation sites (tertiary alicyclic amines) is 1. The quantitative estimate of drug-likeness (QED) is 0.370. The van der Waals surface area contributed by atoms with Gasteiger partial charge in [0.15, 0.2) is 17.3 Å². The van der Waals surface area contributed by atoms with E-state index >= 15 is 0 Å². The number of nitrogens with one attached hydrogen (secondary N) is 1. The van der Waals surface area contributed by atoms with Gasteiger partial charge in [0, 0.05) is 31.5 Å². The molecular formula is C34H41N7O5. The van der Waals surface area contributed by atoms with Crippen LogP contribution >= 0.6 is 0 Å². The van der Waals surface area contributed by atoms with E-state index in [2.05, 4.69) is 41.5 Å². The van der Waals surface area contributed by atoms with Crippen LogP contribution < -0.4 is 20.5 Å². The Kier molecular flexibility index (Phi) is 7.21. The lowest BCUT2D eigenvalue weighted by atomic mass is 9.61. The number of nitrogen functional groups attached to an aromatic ring is 1. The summed E-state index contributed by atoms with van der Waals surface area (Å²) in [5, 5.41) is 18.3. The Balaban J connectivity index is 1.19. The van der Waals surface area contributed by atoms with Gasteiger partial charge < -0.3 is 34.5 Å². The van der Waals surface area contributed by atoms with Crippen molar-refractivity contribution in [3.63, 3.8) is 0 Å². The van der Waals surface area contributed by atoms with Gasteiger partial charge in [-0.3, -0.25) is 4.90 Å². The summed E-state index contributed by atoms with van der Waals surface area (Å²) in [4.78, 5) is 12.1. The lowest BCUT2D eigenvalue weighted by Gasteiger charge is -2.54. The zero-order chi connectivity index (χ0) is 31.6. The van der Waals surface area contributed by atoms with E-state index in [1.807, 2.05) is 6.07 Å². The van der Waals surface area contributed by atoms with Crippen molar-refractivity contribution < 1.29 is 23.5 Å². The fourth-order valence-corrected chi connectivity index (χ4v) is 8.62. The van der Waals surface area contributed by atoms with Crippen molar-refractivity contribution in [2.24, 2.45) is 0 Å². The highest BCUT2D eigenvalue weighted by Gasteiger charge is 2.54. The number of fused-ring (bicyclic) bond motifs is 4. The molecule has 2 aliphatic carbocycles. The third-order valence-corrected chi connectivity index (χ3v) is 11.1.